The molecule has 0 N–H and O–H groups in total. The number of hydrogen-bond acceptors (Lipinski definition) is 6. The van der Waals surface area contributed by atoms with Crippen molar-refractivity contribution in [2.75, 3.05) is 36.5 Å². The summed E-state index contributed by atoms with van der Waals surface area (Å²) in [6.07, 6.45) is -6.94. The summed E-state index contributed by atoms with van der Waals surface area (Å²) in [6, 6.07) is 0.307. The van der Waals surface area contributed by atoms with E-state index >= 15 is 0 Å². The molecule has 2 saturated heterocycles. The lowest BCUT2D eigenvalue weighted by atomic mass is 10.0. The minimum atomic E-state index is -5.01. The molecule has 2 aliphatic rings. The highest BCUT2D eigenvalue weighted by atomic mass is 19.4. The lowest BCUT2D eigenvalue weighted by Gasteiger charge is -2.30. The van der Waals surface area contributed by atoms with E-state index in [0.717, 1.165) is 0 Å². The maximum absolute atomic E-state index is 13.6. The van der Waals surface area contributed by atoms with Crippen LogP contribution in [-0.2, 0) is 23.6 Å². The van der Waals surface area contributed by atoms with E-state index in [9.17, 15) is 35.9 Å². The van der Waals surface area contributed by atoms with Gasteiger partial charge in [-0.3, -0.25) is 4.90 Å². The van der Waals surface area contributed by atoms with E-state index in [-0.39, 0.29) is 36.2 Å². The lowest BCUT2D eigenvalue weighted by molar-refractivity contribution is -0.143. The van der Waals surface area contributed by atoms with E-state index in [0.29, 0.717) is 43.8 Å². The smallest absolute Gasteiger partial charge is 0.416 e. The van der Waals surface area contributed by atoms with Crippen LogP contribution >= 0.6 is 0 Å². The van der Waals surface area contributed by atoms with Gasteiger partial charge in [-0.1, -0.05) is 6.92 Å². The van der Waals surface area contributed by atoms with Gasteiger partial charge in [-0.15, -0.1) is 0 Å². The molecule has 0 radical (unpaired) electrons. The highest BCUT2D eigenvalue weighted by molar-refractivity contribution is 5.93. The number of urea groups is 1. The summed E-state index contributed by atoms with van der Waals surface area (Å²) >= 11 is 0. The number of carbonyl (C=O) groups excluding carboxylic acids is 2. The highest BCUT2D eigenvalue weighted by Gasteiger charge is 2.41. The van der Waals surface area contributed by atoms with Crippen LogP contribution in [0.4, 0.5) is 47.6 Å². The molecule has 2 fully saturated rings. The first-order valence-electron chi connectivity index (χ1n) is 13.8. The van der Waals surface area contributed by atoms with Gasteiger partial charge in [0.1, 0.15) is 5.60 Å². The number of alkyl halides is 6. The number of carbonyl (C=O) groups is 2. The lowest BCUT2D eigenvalue weighted by Crippen LogP contribution is -2.42. The molecular weight excluding hydrogens is 582 g/mol. The summed E-state index contributed by atoms with van der Waals surface area (Å²) in [6.45, 7) is 7.59. The van der Waals surface area contributed by atoms with Crippen molar-refractivity contribution in [1.82, 2.24) is 19.8 Å². The van der Waals surface area contributed by atoms with E-state index in [2.05, 4.69) is 9.97 Å². The molecule has 2 aliphatic heterocycles. The molecule has 2 aromatic rings. The molecule has 1 aromatic heterocycles. The number of likely N-dealkylation sites (tertiary alicyclic amines) is 1. The Morgan fingerprint density at radius 2 is 1.58 bits per heavy atom. The first-order valence-corrected chi connectivity index (χ1v) is 13.8. The predicted molar refractivity (Wildman–Crippen MR) is 145 cm³/mol. The average molecular weight is 617 g/mol. The van der Waals surface area contributed by atoms with Gasteiger partial charge < -0.3 is 19.4 Å². The summed E-state index contributed by atoms with van der Waals surface area (Å²) in [5, 5.41) is 0. The Morgan fingerprint density at radius 1 is 1.00 bits per heavy atom. The summed E-state index contributed by atoms with van der Waals surface area (Å²) in [7, 11) is 1.64. The number of nitrogens with zero attached hydrogens (tertiary/aromatic N) is 6. The Labute approximate surface area is 245 Å². The quantitative estimate of drug-likeness (QED) is 0.361. The summed E-state index contributed by atoms with van der Waals surface area (Å²) in [5.74, 6) is 0.0283. The number of anilines is 2. The molecule has 0 aliphatic carbocycles. The maximum atomic E-state index is 13.6. The maximum Gasteiger partial charge on any atom is 0.416 e. The Morgan fingerprint density at radius 3 is 2.05 bits per heavy atom. The molecule has 0 bridgehead atoms. The second-order valence-electron chi connectivity index (χ2n) is 11.7. The molecule has 2 atom stereocenters. The van der Waals surface area contributed by atoms with Crippen LogP contribution in [0.3, 0.4) is 0 Å². The van der Waals surface area contributed by atoms with Crippen LogP contribution in [0.2, 0.25) is 0 Å². The topological polar surface area (TPSA) is 82.1 Å². The number of ether oxygens (including phenoxy) is 1. The summed E-state index contributed by atoms with van der Waals surface area (Å²) in [4.78, 5) is 40.2. The van der Waals surface area contributed by atoms with Crippen LogP contribution in [0.15, 0.2) is 30.6 Å². The van der Waals surface area contributed by atoms with Gasteiger partial charge in [-0.2, -0.15) is 26.3 Å². The first kappa shape index (κ1) is 32.1. The van der Waals surface area contributed by atoms with Crippen LogP contribution in [0, 0.1) is 0 Å². The third kappa shape index (κ3) is 7.42. The third-order valence-corrected chi connectivity index (χ3v) is 7.34. The van der Waals surface area contributed by atoms with Crippen LogP contribution in [0.5, 0.6) is 0 Å². The van der Waals surface area contributed by atoms with Crippen molar-refractivity contribution in [3.05, 3.63) is 47.3 Å². The Kier molecular flexibility index (Phi) is 8.76. The number of likely N-dealkylation sites (N-methyl/N-ethyl adjacent to an activating group) is 1. The largest absolute Gasteiger partial charge is 0.444 e. The molecular formula is C28H34F6N6O3. The van der Waals surface area contributed by atoms with Crippen molar-refractivity contribution in [2.45, 2.75) is 77.1 Å². The average Bonchev–Trinajstić information content (AvgIpc) is 3.48. The number of hydrogen-bond donors (Lipinski definition) is 0. The number of amides is 3. The van der Waals surface area contributed by atoms with E-state index < -0.39 is 47.8 Å². The van der Waals surface area contributed by atoms with Gasteiger partial charge in [0.2, 0.25) is 5.95 Å². The Balaban J connectivity index is 1.73. The molecule has 4 rings (SSSR count). The van der Waals surface area contributed by atoms with Gasteiger partial charge in [-0.25, -0.2) is 19.6 Å². The van der Waals surface area contributed by atoms with Crippen molar-refractivity contribution in [1.29, 1.82) is 0 Å². The third-order valence-electron chi connectivity index (χ3n) is 7.34. The second kappa shape index (κ2) is 11.7. The van der Waals surface area contributed by atoms with E-state index in [1.165, 1.54) is 32.0 Å². The fourth-order valence-electron chi connectivity index (χ4n) is 5.21. The van der Waals surface area contributed by atoms with Gasteiger partial charge >= 0.3 is 24.5 Å². The molecule has 15 heteroatoms. The predicted octanol–water partition coefficient (Wildman–Crippen LogP) is 6.18. The molecule has 3 amide bonds. The van der Waals surface area contributed by atoms with Gasteiger partial charge in [0.25, 0.3) is 0 Å². The SMILES string of the molecule is CCC1CC(N(Cc2cc(C(F)(F)F)cc(C(F)(F)F)c2)c2ncc(N3CCN(C)C3=O)cn2)CN1C(=O)OC(C)(C)C. The zero-order valence-corrected chi connectivity index (χ0v) is 24.5. The normalized spacial score (nSPS) is 19.8. The van der Waals surface area contributed by atoms with Crippen LogP contribution in [0.1, 0.15) is 57.2 Å². The molecule has 2 unspecified atom stereocenters. The molecule has 236 valence electrons. The monoisotopic (exact) mass is 616 g/mol. The van der Waals surface area contributed by atoms with Crippen LogP contribution < -0.4 is 9.80 Å². The van der Waals surface area contributed by atoms with Gasteiger partial charge in [0.15, 0.2) is 0 Å². The Bertz CT molecular complexity index is 1300. The van der Waals surface area contributed by atoms with E-state index in [1.807, 2.05) is 6.92 Å². The fourth-order valence-corrected chi connectivity index (χ4v) is 5.21. The molecule has 0 saturated carbocycles. The number of halogens is 6. The molecule has 43 heavy (non-hydrogen) atoms. The molecule has 9 nitrogen and oxygen atoms in total. The molecule has 0 spiro atoms. The highest BCUT2D eigenvalue weighted by Crippen LogP contribution is 2.37. The van der Waals surface area contributed by atoms with Crippen LogP contribution in [0.25, 0.3) is 0 Å². The summed E-state index contributed by atoms with van der Waals surface area (Å²) in [5.41, 5.74) is -3.50. The zero-order chi connectivity index (χ0) is 31.9. The summed E-state index contributed by atoms with van der Waals surface area (Å²) < 4.78 is 87.3. The van der Waals surface area contributed by atoms with E-state index in [4.69, 9.17) is 4.74 Å². The molecule has 1 aromatic carbocycles. The first-order chi connectivity index (χ1) is 19.9. The minimum absolute atomic E-state index is 0.0283. The number of benzene rings is 1. The van der Waals surface area contributed by atoms with Crippen LogP contribution in [-0.4, -0.2) is 76.3 Å². The van der Waals surface area contributed by atoms with Gasteiger partial charge in [-0.05, 0) is 57.4 Å². The number of rotatable bonds is 6. The van der Waals surface area contributed by atoms with Crippen molar-refractivity contribution in [2.24, 2.45) is 0 Å². The van der Waals surface area contributed by atoms with Gasteiger partial charge in [0, 0.05) is 39.3 Å². The van der Waals surface area contributed by atoms with Gasteiger partial charge in [0.05, 0.1) is 35.2 Å². The number of aromatic nitrogens is 2. The van der Waals surface area contributed by atoms with Crippen molar-refractivity contribution < 1.29 is 40.7 Å². The minimum Gasteiger partial charge on any atom is -0.444 e. The van der Waals surface area contributed by atoms with E-state index in [1.54, 1.807) is 27.8 Å². The zero-order valence-electron chi connectivity index (χ0n) is 24.5. The standard InChI is InChI=1S/C28H34F6N6O3/c1-6-20-12-21(16-40(20)25(42)43-26(2,3)4)39(23-35-13-22(14-36-23)38-8-7-37(5)24(38)41)15-17-9-18(27(29,30)31)11-19(10-17)28(32,33)34/h9-11,13-14,20-21H,6-8,12,15-16H2,1-5H3. The Hall–Kier alpha value is -3.78. The van der Waals surface area contributed by atoms with Crippen molar-refractivity contribution in [3.63, 3.8) is 0 Å². The van der Waals surface area contributed by atoms with Crippen molar-refractivity contribution >= 4 is 23.8 Å². The molecule has 3 heterocycles. The van der Waals surface area contributed by atoms with Crippen molar-refractivity contribution in [3.8, 4) is 0 Å². The second-order valence-corrected chi connectivity index (χ2v) is 11.7. The fraction of sp³-hybridized carbons (Fsp3) is 0.571.